The van der Waals surface area contributed by atoms with Gasteiger partial charge in [0.05, 0.1) is 26.4 Å². The SMILES string of the molecule is CS(C)(C)CCCC1COC2(OC1)OCC(CCCS(C)(C)C)CO2. The Labute approximate surface area is 158 Å². The fourth-order valence-corrected chi connectivity index (χ4v) is 5.23. The minimum Gasteiger partial charge on any atom is -0.303 e. The van der Waals surface area contributed by atoms with E-state index < -0.39 is 26.2 Å². The molecule has 2 heterocycles. The highest BCUT2D eigenvalue weighted by atomic mass is 32.3. The second-order valence-electron chi connectivity index (χ2n) is 9.35. The first kappa shape index (κ1) is 21.8. The molecule has 2 saturated heterocycles. The van der Waals surface area contributed by atoms with Crippen LogP contribution in [-0.4, -0.2) is 81.6 Å². The first-order chi connectivity index (χ1) is 11.6. The van der Waals surface area contributed by atoms with Gasteiger partial charge in [-0.25, -0.2) is 20.1 Å². The van der Waals surface area contributed by atoms with E-state index in [0.717, 1.165) is 12.8 Å². The van der Waals surface area contributed by atoms with Crippen molar-refractivity contribution in [2.45, 2.75) is 31.8 Å². The van der Waals surface area contributed by atoms with Crippen molar-refractivity contribution in [2.75, 3.05) is 75.5 Å². The van der Waals surface area contributed by atoms with E-state index in [1.807, 2.05) is 0 Å². The van der Waals surface area contributed by atoms with Crippen molar-refractivity contribution in [3.8, 4) is 0 Å². The zero-order chi connectivity index (χ0) is 18.6. The van der Waals surface area contributed by atoms with Crippen LogP contribution >= 0.6 is 20.1 Å². The monoisotopic (exact) mass is 396 g/mol. The highest BCUT2D eigenvalue weighted by Crippen LogP contribution is 2.38. The van der Waals surface area contributed by atoms with Crippen LogP contribution in [0.4, 0.5) is 0 Å². The molecule has 0 unspecified atom stereocenters. The molecule has 152 valence electrons. The van der Waals surface area contributed by atoms with Gasteiger partial charge in [-0.2, -0.15) is 0 Å². The number of hydrogen-bond acceptors (Lipinski definition) is 4. The molecule has 0 amide bonds. The quantitative estimate of drug-likeness (QED) is 0.624. The molecule has 25 heavy (non-hydrogen) atoms. The van der Waals surface area contributed by atoms with Crippen LogP contribution < -0.4 is 0 Å². The predicted octanol–water partition coefficient (Wildman–Crippen LogP) is 3.87. The van der Waals surface area contributed by atoms with Gasteiger partial charge in [0.2, 0.25) is 0 Å². The summed E-state index contributed by atoms with van der Waals surface area (Å²) < 4.78 is 23.4. The summed E-state index contributed by atoms with van der Waals surface area (Å²) >= 11 is 0. The summed E-state index contributed by atoms with van der Waals surface area (Å²) in [6, 6.07) is 0. The Bertz CT molecular complexity index is 346. The highest BCUT2D eigenvalue weighted by Gasteiger charge is 2.44. The second kappa shape index (κ2) is 9.16. The molecule has 0 aromatic rings. The molecule has 0 bridgehead atoms. The third-order valence-corrected chi connectivity index (χ3v) is 7.75. The lowest BCUT2D eigenvalue weighted by Crippen LogP contribution is -2.53. The molecule has 0 atom stereocenters. The number of rotatable bonds is 8. The normalized spacial score (nSPS) is 32.7. The van der Waals surface area contributed by atoms with Gasteiger partial charge in [-0.3, -0.25) is 0 Å². The highest BCUT2D eigenvalue weighted by molar-refractivity contribution is 8.32. The molecule has 2 rings (SSSR count). The molecule has 0 aromatic heterocycles. The average molecular weight is 397 g/mol. The van der Waals surface area contributed by atoms with Gasteiger partial charge < -0.3 is 18.9 Å². The molecule has 6 heteroatoms. The Morgan fingerprint density at radius 3 is 1.24 bits per heavy atom. The van der Waals surface area contributed by atoms with Gasteiger partial charge in [-0.15, -0.1) is 0 Å². The number of hydrogen-bond donors (Lipinski definition) is 0. The molecule has 0 aromatic carbocycles. The maximum atomic E-state index is 5.85. The summed E-state index contributed by atoms with van der Waals surface area (Å²) in [4.78, 5) is 0. The zero-order valence-corrected chi connectivity index (χ0v) is 18.8. The minimum atomic E-state index is -1.21. The third kappa shape index (κ3) is 8.39. The van der Waals surface area contributed by atoms with Crippen LogP contribution in [0.5, 0.6) is 0 Å². The summed E-state index contributed by atoms with van der Waals surface area (Å²) in [5, 5.41) is 0. The van der Waals surface area contributed by atoms with Crippen LogP contribution in [-0.2, 0) is 18.9 Å². The van der Waals surface area contributed by atoms with Crippen LogP contribution in [0.1, 0.15) is 25.7 Å². The summed E-state index contributed by atoms with van der Waals surface area (Å²) in [5.74, 6) is 3.57. The first-order valence-corrected chi connectivity index (χ1v) is 15.5. The van der Waals surface area contributed by atoms with E-state index in [1.165, 1.54) is 24.3 Å². The Morgan fingerprint density at radius 2 is 0.960 bits per heavy atom. The van der Waals surface area contributed by atoms with Gasteiger partial charge in [-0.1, -0.05) is 0 Å². The maximum absolute atomic E-state index is 5.85. The van der Waals surface area contributed by atoms with Crippen LogP contribution in [0.2, 0.25) is 0 Å². The van der Waals surface area contributed by atoms with Crippen LogP contribution in [0, 0.1) is 11.8 Å². The molecule has 0 N–H and O–H groups in total. The lowest BCUT2D eigenvalue weighted by atomic mass is 10.1. The van der Waals surface area contributed by atoms with Crippen molar-refractivity contribution in [2.24, 2.45) is 11.8 Å². The maximum Gasteiger partial charge on any atom is 0.412 e. The summed E-state index contributed by atoms with van der Waals surface area (Å²) in [5.41, 5.74) is 0. The Kier molecular flexibility index (Phi) is 8.00. The van der Waals surface area contributed by atoms with Crippen LogP contribution in [0.15, 0.2) is 0 Å². The van der Waals surface area contributed by atoms with Gasteiger partial charge >= 0.3 is 6.16 Å². The predicted molar refractivity (Wildman–Crippen MR) is 112 cm³/mol. The molecule has 1 spiro atoms. The smallest absolute Gasteiger partial charge is 0.303 e. The molecule has 2 aliphatic heterocycles. The summed E-state index contributed by atoms with van der Waals surface area (Å²) in [6.45, 7) is 2.71. The largest absolute Gasteiger partial charge is 0.412 e. The summed E-state index contributed by atoms with van der Waals surface area (Å²) in [6.07, 6.45) is 17.9. The zero-order valence-electron chi connectivity index (χ0n) is 17.2. The molecule has 0 aliphatic carbocycles. The van der Waals surface area contributed by atoms with Crippen molar-refractivity contribution in [3.63, 3.8) is 0 Å². The third-order valence-electron chi connectivity index (χ3n) is 4.72. The van der Waals surface area contributed by atoms with Gasteiger partial charge in [0.1, 0.15) is 0 Å². The fourth-order valence-electron chi connectivity index (χ4n) is 3.17. The van der Waals surface area contributed by atoms with Crippen molar-refractivity contribution >= 4 is 20.1 Å². The van der Waals surface area contributed by atoms with Gasteiger partial charge in [0, 0.05) is 11.8 Å². The van der Waals surface area contributed by atoms with E-state index in [2.05, 4.69) is 37.5 Å². The van der Waals surface area contributed by atoms with Gasteiger partial charge in [-0.05, 0) is 74.7 Å². The number of ether oxygens (including phenoxy) is 4. The van der Waals surface area contributed by atoms with E-state index >= 15 is 0 Å². The van der Waals surface area contributed by atoms with Crippen LogP contribution in [0.25, 0.3) is 0 Å². The van der Waals surface area contributed by atoms with E-state index in [-0.39, 0.29) is 0 Å². The molecule has 2 aliphatic rings. The van der Waals surface area contributed by atoms with Gasteiger partial charge in [0.15, 0.2) is 0 Å². The lowest BCUT2D eigenvalue weighted by Gasteiger charge is -2.42. The first-order valence-electron chi connectivity index (χ1n) is 9.45. The second-order valence-corrected chi connectivity index (χ2v) is 18.5. The van der Waals surface area contributed by atoms with Crippen LogP contribution in [0.3, 0.4) is 0 Å². The Morgan fingerprint density at radius 1 is 0.640 bits per heavy atom. The molecule has 0 radical (unpaired) electrons. The Balaban J connectivity index is 1.62. The summed E-state index contributed by atoms with van der Waals surface area (Å²) in [7, 11) is -0.809. The van der Waals surface area contributed by atoms with Gasteiger partial charge in [0.25, 0.3) is 0 Å². The van der Waals surface area contributed by atoms with E-state index in [9.17, 15) is 0 Å². The molecular weight excluding hydrogens is 356 g/mol. The standard InChI is InChI=1S/C19H40O4S2/c1-24(2,3)11-7-9-17-13-20-19(21-14-17)22-15-18(16-23-19)10-8-12-25(4,5)6/h17-18H,7-16H2,1-6H3. The van der Waals surface area contributed by atoms with Crippen molar-refractivity contribution in [1.29, 1.82) is 0 Å². The molecule has 4 nitrogen and oxygen atoms in total. The topological polar surface area (TPSA) is 36.9 Å². The van der Waals surface area contributed by atoms with Crippen molar-refractivity contribution < 1.29 is 18.9 Å². The molecule has 2 fully saturated rings. The fraction of sp³-hybridized carbons (Fsp3) is 1.00. The minimum absolute atomic E-state index is 0.405. The van der Waals surface area contributed by atoms with E-state index in [4.69, 9.17) is 18.9 Å². The molecular formula is C19H40O4S2. The van der Waals surface area contributed by atoms with Crippen molar-refractivity contribution in [1.82, 2.24) is 0 Å². The van der Waals surface area contributed by atoms with Crippen molar-refractivity contribution in [3.05, 3.63) is 0 Å². The Hall–Kier alpha value is 0.540. The van der Waals surface area contributed by atoms with E-state index in [1.54, 1.807) is 0 Å². The molecule has 0 saturated carbocycles. The lowest BCUT2D eigenvalue weighted by molar-refractivity contribution is -0.535. The van der Waals surface area contributed by atoms with E-state index in [0.29, 0.717) is 38.3 Å². The average Bonchev–Trinajstić information content (AvgIpc) is 2.49.